The molecule has 4 rings (SSSR count). The van der Waals surface area contributed by atoms with Gasteiger partial charge in [0.2, 0.25) is 5.91 Å². The summed E-state index contributed by atoms with van der Waals surface area (Å²) in [5.41, 5.74) is 1.06. The van der Waals surface area contributed by atoms with Crippen LogP contribution in [0, 0.1) is 6.92 Å². The van der Waals surface area contributed by atoms with Crippen molar-refractivity contribution in [2.24, 2.45) is 0 Å². The lowest BCUT2D eigenvalue weighted by molar-refractivity contribution is -0.133. The molecule has 2 N–H and O–H groups in total. The number of fused-ring (bicyclic) bond motifs is 1. The first-order valence-corrected chi connectivity index (χ1v) is 9.38. The summed E-state index contributed by atoms with van der Waals surface area (Å²) < 4.78 is 0. The second-order valence-electron chi connectivity index (χ2n) is 7.34. The van der Waals surface area contributed by atoms with E-state index in [0.29, 0.717) is 5.69 Å². The molecule has 3 aromatic carbocycles. The van der Waals surface area contributed by atoms with Crippen molar-refractivity contribution in [2.45, 2.75) is 19.4 Å². The van der Waals surface area contributed by atoms with Crippen molar-refractivity contribution >= 4 is 34.3 Å². The van der Waals surface area contributed by atoms with E-state index in [4.69, 9.17) is 0 Å². The van der Waals surface area contributed by atoms with Gasteiger partial charge < -0.3 is 10.6 Å². The number of carbonyl (C=O) groups is 3. The molecular weight excluding hydrogens is 366 g/mol. The molecule has 1 aliphatic rings. The Morgan fingerprint density at radius 2 is 1.69 bits per heavy atom. The molecular formula is C23H21N3O3. The first kappa shape index (κ1) is 18.7. The average Bonchev–Trinajstić information content (AvgIpc) is 2.92. The highest BCUT2D eigenvalue weighted by Gasteiger charge is 2.50. The highest BCUT2D eigenvalue weighted by atomic mass is 16.2. The molecule has 1 fully saturated rings. The molecule has 6 heteroatoms. The number of amides is 4. The van der Waals surface area contributed by atoms with E-state index >= 15 is 0 Å². The number of nitrogens with one attached hydrogen (secondary N) is 2. The van der Waals surface area contributed by atoms with Crippen molar-refractivity contribution in [3.63, 3.8) is 0 Å². The van der Waals surface area contributed by atoms with Crippen LogP contribution in [0.15, 0.2) is 66.7 Å². The first-order valence-electron chi connectivity index (χ1n) is 9.38. The van der Waals surface area contributed by atoms with Gasteiger partial charge in [-0.05, 0) is 36.4 Å². The van der Waals surface area contributed by atoms with Crippen LogP contribution in [-0.2, 0) is 15.1 Å². The second kappa shape index (κ2) is 7.05. The van der Waals surface area contributed by atoms with Gasteiger partial charge in [-0.15, -0.1) is 0 Å². The van der Waals surface area contributed by atoms with E-state index in [1.807, 2.05) is 67.6 Å². The summed E-state index contributed by atoms with van der Waals surface area (Å²) in [6.07, 6.45) is 0. The molecule has 0 aliphatic carbocycles. The second-order valence-corrected chi connectivity index (χ2v) is 7.34. The number of rotatable bonds is 4. The van der Waals surface area contributed by atoms with E-state index < -0.39 is 23.4 Å². The number of hydrogen-bond acceptors (Lipinski definition) is 3. The maximum Gasteiger partial charge on any atom is 0.325 e. The highest BCUT2D eigenvalue weighted by molar-refractivity contribution is 6.11. The van der Waals surface area contributed by atoms with Crippen molar-refractivity contribution in [1.82, 2.24) is 10.2 Å². The van der Waals surface area contributed by atoms with E-state index in [1.54, 1.807) is 13.0 Å². The van der Waals surface area contributed by atoms with Crippen LogP contribution in [0.25, 0.3) is 10.8 Å². The van der Waals surface area contributed by atoms with Gasteiger partial charge in [-0.25, -0.2) is 4.79 Å². The van der Waals surface area contributed by atoms with Crippen molar-refractivity contribution in [2.75, 3.05) is 11.9 Å². The molecule has 0 saturated carbocycles. The van der Waals surface area contributed by atoms with E-state index in [2.05, 4.69) is 10.6 Å². The summed E-state index contributed by atoms with van der Waals surface area (Å²) in [5.74, 6) is -0.872. The zero-order valence-electron chi connectivity index (χ0n) is 16.2. The van der Waals surface area contributed by atoms with E-state index in [0.717, 1.165) is 26.8 Å². The summed E-state index contributed by atoms with van der Waals surface area (Å²) in [7, 11) is 0. The number of urea groups is 1. The molecule has 0 bridgehead atoms. The highest BCUT2D eigenvalue weighted by Crippen LogP contribution is 2.31. The first-order chi connectivity index (χ1) is 13.9. The quantitative estimate of drug-likeness (QED) is 0.672. The van der Waals surface area contributed by atoms with Gasteiger partial charge in [0.15, 0.2) is 0 Å². The SMILES string of the molecule is Cc1ccccc1C1(C)NC(=O)N(CC(=O)Nc2cccc3ccccc23)C1=O. The largest absolute Gasteiger partial charge is 0.325 e. The molecule has 1 unspecified atom stereocenters. The molecule has 29 heavy (non-hydrogen) atoms. The summed E-state index contributed by atoms with van der Waals surface area (Å²) in [5, 5.41) is 7.45. The average molecular weight is 387 g/mol. The molecule has 1 atom stereocenters. The Hall–Kier alpha value is -3.67. The Labute approximate surface area is 168 Å². The number of aryl methyl sites for hydroxylation is 1. The lowest BCUT2D eigenvalue weighted by Crippen LogP contribution is -2.42. The minimum absolute atomic E-state index is 0.352. The minimum atomic E-state index is -1.19. The molecule has 3 aromatic rings. The molecule has 4 amide bonds. The normalized spacial score (nSPS) is 18.8. The number of hydrogen-bond donors (Lipinski definition) is 2. The Balaban J connectivity index is 1.55. The maximum absolute atomic E-state index is 13.1. The molecule has 6 nitrogen and oxygen atoms in total. The van der Waals surface area contributed by atoms with Crippen LogP contribution in [0.5, 0.6) is 0 Å². The summed E-state index contributed by atoms with van der Waals surface area (Å²) in [6, 6.07) is 20.1. The fourth-order valence-corrected chi connectivity index (χ4v) is 3.82. The zero-order valence-corrected chi connectivity index (χ0v) is 16.2. The zero-order chi connectivity index (χ0) is 20.6. The standard InChI is InChI=1S/C23H21N3O3/c1-15-8-3-6-12-18(15)23(2)21(28)26(22(29)25-23)14-20(27)24-19-13-7-10-16-9-4-5-11-17(16)19/h3-13H,14H2,1-2H3,(H,24,27)(H,25,29). The lowest BCUT2D eigenvalue weighted by atomic mass is 9.88. The van der Waals surface area contributed by atoms with Gasteiger partial charge in [0.1, 0.15) is 12.1 Å². The summed E-state index contributed by atoms with van der Waals surface area (Å²) in [4.78, 5) is 39.2. The third-order valence-electron chi connectivity index (χ3n) is 5.32. The molecule has 0 radical (unpaired) electrons. The van der Waals surface area contributed by atoms with Gasteiger partial charge in [0, 0.05) is 11.1 Å². The topological polar surface area (TPSA) is 78.5 Å². The van der Waals surface area contributed by atoms with Gasteiger partial charge in [0.25, 0.3) is 5.91 Å². The van der Waals surface area contributed by atoms with Crippen LogP contribution in [0.1, 0.15) is 18.1 Å². The Morgan fingerprint density at radius 3 is 2.48 bits per heavy atom. The van der Waals surface area contributed by atoms with Crippen LogP contribution in [0.4, 0.5) is 10.5 Å². The third-order valence-corrected chi connectivity index (χ3v) is 5.32. The van der Waals surface area contributed by atoms with Crippen LogP contribution in [0.3, 0.4) is 0 Å². The van der Waals surface area contributed by atoms with E-state index in [1.165, 1.54) is 0 Å². The fraction of sp³-hybridized carbons (Fsp3) is 0.174. The summed E-state index contributed by atoms with van der Waals surface area (Å²) >= 11 is 0. The predicted molar refractivity (Wildman–Crippen MR) is 111 cm³/mol. The molecule has 1 heterocycles. The number of imide groups is 1. The number of anilines is 1. The smallest absolute Gasteiger partial charge is 0.324 e. The third kappa shape index (κ3) is 3.23. The van der Waals surface area contributed by atoms with Gasteiger partial charge in [0.05, 0.1) is 0 Å². The number of carbonyl (C=O) groups excluding carboxylic acids is 3. The fourth-order valence-electron chi connectivity index (χ4n) is 3.82. The monoisotopic (exact) mass is 387 g/mol. The Kier molecular flexibility index (Phi) is 4.54. The van der Waals surface area contributed by atoms with Gasteiger partial charge in [-0.1, -0.05) is 60.7 Å². The van der Waals surface area contributed by atoms with Crippen LogP contribution >= 0.6 is 0 Å². The van der Waals surface area contributed by atoms with Gasteiger partial charge in [-0.2, -0.15) is 0 Å². The maximum atomic E-state index is 13.1. The van der Waals surface area contributed by atoms with Crippen molar-refractivity contribution in [3.8, 4) is 0 Å². The van der Waals surface area contributed by atoms with Gasteiger partial charge >= 0.3 is 6.03 Å². The van der Waals surface area contributed by atoms with Crippen LogP contribution < -0.4 is 10.6 Å². The number of benzene rings is 3. The van der Waals surface area contributed by atoms with Crippen LogP contribution in [0.2, 0.25) is 0 Å². The molecule has 146 valence electrons. The van der Waals surface area contributed by atoms with Crippen molar-refractivity contribution in [1.29, 1.82) is 0 Å². The lowest BCUT2D eigenvalue weighted by Gasteiger charge is -2.24. The van der Waals surface area contributed by atoms with Crippen molar-refractivity contribution < 1.29 is 14.4 Å². The molecule has 1 saturated heterocycles. The van der Waals surface area contributed by atoms with Crippen molar-refractivity contribution in [3.05, 3.63) is 77.9 Å². The number of nitrogens with zero attached hydrogens (tertiary/aromatic N) is 1. The molecule has 1 aliphatic heterocycles. The van der Waals surface area contributed by atoms with Crippen LogP contribution in [-0.4, -0.2) is 29.3 Å². The predicted octanol–water partition coefficient (Wildman–Crippen LogP) is 3.55. The Bertz CT molecular complexity index is 1140. The molecule has 0 spiro atoms. The molecule has 0 aromatic heterocycles. The minimum Gasteiger partial charge on any atom is -0.324 e. The summed E-state index contributed by atoms with van der Waals surface area (Å²) in [6.45, 7) is 3.20. The van der Waals surface area contributed by atoms with E-state index in [9.17, 15) is 14.4 Å². The van der Waals surface area contributed by atoms with E-state index in [-0.39, 0.29) is 6.54 Å². The Morgan fingerprint density at radius 1 is 1.00 bits per heavy atom. The van der Waals surface area contributed by atoms with Gasteiger partial charge in [-0.3, -0.25) is 14.5 Å².